The first-order valence-corrected chi connectivity index (χ1v) is 4.97. The van der Waals surface area contributed by atoms with Crippen LogP contribution in [0.5, 0.6) is 0 Å². The fourth-order valence-corrected chi connectivity index (χ4v) is 1.42. The second kappa shape index (κ2) is 4.64. The lowest BCUT2D eigenvalue weighted by atomic mass is 10.4. The summed E-state index contributed by atoms with van der Waals surface area (Å²) in [6.07, 6.45) is 2.33. The van der Waals surface area contributed by atoms with E-state index in [1.165, 1.54) is 6.33 Å². The van der Waals surface area contributed by atoms with Gasteiger partial charge in [0, 0.05) is 7.05 Å². The maximum Gasteiger partial charge on any atom is 0.404 e. The van der Waals surface area contributed by atoms with E-state index in [1.54, 1.807) is 17.9 Å². The summed E-state index contributed by atoms with van der Waals surface area (Å²) in [7, 11) is 1.80. The van der Waals surface area contributed by atoms with Gasteiger partial charge in [0.15, 0.2) is 5.65 Å². The Bertz CT molecular complexity index is 537. The maximum absolute atomic E-state index is 10.4. The number of ether oxygens (including phenoxy) is 1. The van der Waals surface area contributed by atoms with Gasteiger partial charge in [-0.15, -0.1) is 0 Å². The average Bonchev–Trinajstić information content (AvgIpc) is 2.67. The average molecular weight is 236 g/mol. The molecule has 2 rings (SSSR count). The van der Waals surface area contributed by atoms with Gasteiger partial charge >= 0.3 is 6.09 Å². The van der Waals surface area contributed by atoms with Crippen molar-refractivity contribution < 1.29 is 9.53 Å². The minimum absolute atomic E-state index is 0.182. The highest BCUT2D eigenvalue weighted by molar-refractivity contribution is 5.85. The Hall–Kier alpha value is -2.38. The number of primary amides is 1. The molecule has 1 amide bonds. The quantitative estimate of drug-likeness (QED) is 0.716. The standard InChI is InChI=1S/C9H12N6O2/c1-15-8-6(4-14-15)7(12-5-13-8)11-2-3-17-9(10)16/h4-5H,2-3H2,1H3,(H2,10,16)(H,11,12,13). The number of carbonyl (C=O) groups excluding carboxylic acids is 1. The molecule has 2 aromatic rings. The molecule has 90 valence electrons. The molecule has 0 atom stereocenters. The highest BCUT2D eigenvalue weighted by Gasteiger charge is 2.06. The normalized spacial score (nSPS) is 10.4. The number of hydrogen-bond donors (Lipinski definition) is 2. The van der Waals surface area contributed by atoms with Crippen molar-refractivity contribution in [3.05, 3.63) is 12.5 Å². The van der Waals surface area contributed by atoms with Crippen LogP contribution >= 0.6 is 0 Å². The summed E-state index contributed by atoms with van der Waals surface area (Å²) < 4.78 is 6.25. The number of rotatable bonds is 4. The Labute approximate surface area is 96.8 Å². The van der Waals surface area contributed by atoms with Crippen molar-refractivity contribution >= 4 is 22.9 Å². The van der Waals surface area contributed by atoms with E-state index in [0.717, 1.165) is 11.0 Å². The van der Waals surface area contributed by atoms with E-state index in [4.69, 9.17) is 5.73 Å². The number of nitrogens with two attached hydrogens (primary N) is 1. The molecule has 0 saturated heterocycles. The molecule has 0 fully saturated rings. The lowest BCUT2D eigenvalue weighted by Gasteiger charge is -2.05. The summed E-state index contributed by atoms with van der Waals surface area (Å²) >= 11 is 0. The highest BCUT2D eigenvalue weighted by Crippen LogP contribution is 2.16. The van der Waals surface area contributed by atoms with Crippen LogP contribution in [0.25, 0.3) is 11.0 Å². The molecule has 3 N–H and O–H groups in total. The van der Waals surface area contributed by atoms with Gasteiger partial charge in [-0.05, 0) is 0 Å². The third-order valence-electron chi connectivity index (χ3n) is 2.17. The fraction of sp³-hybridized carbons (Fsp3) is 0.333. The molecule has 2 aromatic heterocycles. The third-order valence-corrected chi connectivity index (χ3v) is 2.17. The summed E-state index contributed by atoms with van der Waals surface area (Å²) in [5.74, 6) is 0.649. The van der Waals surface area contributed by atoms with Gasteiger partial charge in [0.25, 0.3) is 0 Å². The van der Waals surface area contributed by atoms with Crippen LogP contribution in [0.4, 0.5) is 10.6 Å². The van der Waals surface area contributed by atoms with E-state index in [1.807, 2.05) is 0 Å². The van der Waals surface area contributed by atoms with Crippen LogP contribution in [0.2, 0.25) is 0 Å². The fourth-order valence-electron chi connectivity index (χ4n) is 1.42. The molecular formula is C9H12N6O2. The first-order valence-electron chi connectivity index (χ1n) is 4.97. The summed E-state index contributed by atoms with van der Waals surface area (Å²) in [6, 6.07) is 0. The Morgan fingerprint density at radius 3 is 3.18 bits per heavy atom. The van der Waals surface area contributed by atoms with Gasteiger partial charge in [-0.25, -0.2) is 14.8 Å². The van der Waals surface area contributed by atoms with Crippen molar-refractivity contribution in [1.82, 2.24) is 19.7 Å². The molecule has 0 aliphatic heterocycles. The smallest absolute Gasteiger partial charge is 0.404 e. The highest BCUT2D eigenvalue weighted by atomic mass is 16.5. The van der Waals surface area contributed by atoms with Gasteiger partial charge in [-0.3, -0.25) is 4.68 Å². The predicted molar refractivity (Wildman–Crippen MR) is 60.3 cm³/mol. The predicted octanol–water partition coefficient (Wildman–Crippen LogP) is -0.129. The van der Waals surface area contributed by atoms with Crippen molar-refractivity contribution in [2.24, 2.45) is 12.8 Å². The zero-order valence-corrected chi connectivity index (χ0v) is 9.25. The van der Waals surface area contributed by atoms with Gasteiger partial charge < -0.3 is 15.8 Å². The zero-order valence-electron chi connectivity index (χ0n) is 9.25. The van der Waals surface area contributed by atoms with Crippen LogP contribution in [0, 0.1) is 0 Å². The van der Waals surface area contributed by atoms with Crippen molar-refractivity contribution in [1.29, 1.82) is 0 Å². The van der Waals surface area contributed by atoms with Crippen LogP contribution in [0.1, 0.15) is 0 Å². The monoisotopic (exact) mass is 236 g/mol. The number of anilines is 1. The first-order chi connectivity index (χ1) is 8.18. The van der Waals surface area contributed by atoms with Crippen molar-refractivity contribution in [3.63, 3.8) is 0 Å². The number of nitrogens with zero attached hydrogens (tertiary/aromatic N) is 4. The Morgan fingerprint density at radius 1 is 1.59 bits per heavy atom. The second-order valence-electron chi connectivity index (χ2n) is 3.32. The molecule has 0 unspecified atom stereocenters. The summed E-state index contributed by atoms with van der Waals surface area (Å²) in [5.41, 5.74) is 5.57. The Morgan fingerprint density at radius 2 is 2.41 bits per heavy atom. The minimum atomic E-state index is -0.791. The number of carbonyl (C=O) groups is 1. The lowest BCUT2D eigenvalue weighted by Crippen LogP contribution is -2.18. The van der Waals surface area contributed by atoms with Gasteiger partial charge in [0.2, 0.25) is 0 Å². The summed E-state index contributed by atoms with van der Waals surface area (Å²) in [4.78, 5) is 18.6. The minimum Gasteiger partial charge on any atom is -0.448 e. The molecule has 0 aromatic carbocycles. The van der Waals surface area contributed by atoms with Crippen LogP contribution < -0.4 is 11.1 Å². The molecular weight excluding hydrogens is 224 g/mol. The summed E-state index contributed by atoms with van der Waals surface area (Å²) in [6.45, 7) is 0.602. The van der Waals surface area contributed by atoms with Gasteiger partial charge in [0.05, 0.1) is 18.1 Å². The molecule has 0 saturated carbocycles. The lowest BCUT2D eigenvalue weighted by molar-refractivity contribution is 0.161. The van der Waals surface area contributed by atoms with Crippen molar-refractivity contribution in [3.8, 4) is 0 Å². The van der Waals surface area contributed by atoms with Crippen LogP contribution in [-0.2, 0) is 11.8 Å². The topological polar surface area (TPSA) is 108 Å². The molecule has 0 bridgehead atoms. The van der Waals surface area contributed by atoms with Crippen molar-refractivity contribution in [2.45, 2.75) is 0 Å². The molecule has 17 heavy (non-hydrogen) atoms. The number of nitrogens with one attached hydrogen (secondary N) is 1. The Kier molecular flexibility index (Phi) is 3.03. The zero-order chi connectivity index (χ0) is 12.3. The third kappa shape index (κ3) is 2.41. The maximum atomic E-state index is 10.4. The van der Waals surface area contributed by atoms with Crippen molar-refractivity contribution in [2.75, 3.05) is 18.5 Å². The molecule has 8 nitrogen and oxygen atoms in total. The number of aryl methyl sites for hydroxylation is 1. The van der Waals surface area contributed by atoms with E-state index in [-0.39, 0.29) is 6.61 Å². The van der Waals surface area contributed by atoms with Gasteiger partial charge in [-0.1, -0.05) is 0 Å². The first kappa shape index (κ1) is 11.1. The van der Waals surface area contributed by atoms with E-state index < -0.39 is 6.09 Å². The van der Waals surface area contributed by atoms with E-state index in [0.29, 0.717) is 12.4 Å². The van der Waals surface area contributed by atoms with E-state index in [9.17, 15) is 4.79 Å². The molecule has 2 heterocycles. The molecule has 0 spiro atoms. The van der Waals surface area contributed by atoms with Gasteiger partial charge in [-0.2, -0.15) is 5.10 Å². The Balaban J connectivity index is 2.06. The molecule has 0 aliphatic carbocycles. The number of aromatic nitrogens is 4. The SMILES string of the molecule is Cn1ncc2c(NCCOC(N)=O)ncnc21. The van der Waals surface area contributed by atoms with E-state index in [2.05, 4.69) is 25.1 Å². The molecule has 8 heteroatoms. The van der Waals surface area contributed by atoms with Crippen LogP contribution in [-0.4, -0.2) is 39.0 Å². The largest absolute Gasteiger partial charge is 0.448 e. The van der Waals surface area contributed by atoms with Gasteiger partial charge in [0.1, 0.15) is 18.8 Å². The van der Waals surface area contributed by atoms with Crippen LogP contribution in [0.15, 0.2) is 12.5 Å². The summed E-state index contributed by atoms with van der Waals surface area (Å²) in [5, 5.41) is 7.91. The van der Waals surface area contributed by atoms with E-state index >= 15 is 0 Å². The second-order valence-corrected chi connectivity index (χ2v) is 3.32. The molecule has 0 radical (unpaired) electrons. The number of hydrogen-bond acceptors (Lipinski definition) is 6. The van der Waals surface area contributed by atoms with Crippen LogP contribution in [0.3, 0.4) is 0 Å². The number of amides is 1. The molecule has 0 aliphatic rings. The number of fused-ring (bicyclic) bond motifs is 1.